The van der Waals surface area contributed by atoms with Gasteiger partial charge in [0, 0.05) is 31.3 Å². The monoisotopic (exact) mass is 454 g/mol. The Morgan fingerprint density at radius 2 is 2.00 bits per heavy atom. The lowest BCUT2D eigenvalue weighted by atomic mass is 9.98. The molecule has 0 atom stereocenters. The smallest absolute Gasteiger partial charge is 0.338 e. The van der Waals surface area contributed by atoms with Crippen molar-refractivity contribution in [3.63, 3.8) is 0 Å². The van der Waals surface area contributed by atoms with Gasteiger partial charge in [0.15, 0.2) is 0 Å². The molecule has 0 unspecified atom stereocenters. The molecular weight excluding hydrogens is 428 g/mol. The van der Waals surface area contributed by atoms with Crippen LogP contribution < -0.4 is 5.73 Å². The molecule has 0 spiro atoms. The van der Waals surface area contributed by atoms with Crippen molar-refractivity contribution in [3.8, 4) is 11.4 Å². The Morgan fingerprint density at radius 3 is 2.75 bits per heavy atom. The Labute approximate surface area is 192 Å². The molecule has 4 rings (SSSR count). The summed E-state index contributed by atoms with van der Waals surface area (Å²) in [6.07, 6.45) is 4.61. The van der Waals surface area contributed by atoms with Gasteiger partial charge in [-0.25, -0.2) is 14.8 Å². The maximum absolute atomic E-state index is 12.6. The molecule has 0 saturated carbocycles. The largest absolute Gasteiger partial charge is 0.462 e. The minimum absolute atomic E-state index is 0.0958. The van der Waals surface area contributed by atoms with Gasteiger partial charge < -0.3 is 15.4 Å². The van der Waals surface area contributed by atoms with Gasteiger partial charge in [-0.05, 0) is 56.6 Å². The number of ether oxygens (including phenoxy) is 1. The molecule has 3 heterocycles. The van der Waals surface area contributed by atoms with Crippen molar-refractivity contribution in [2.24, 2.45) is 13.0 Å². The molecule has 1 saturated heterocycles. The number of halogens is 1. The lowest BCUT2D eigenvalue weighted by Gasteiger charge is -2.28. The van der Waals surface area contributed by atoms with Gasteiger partial charge in [-0.3, -0.25) is 4.68 Å². The van der Waals surface area contributed by atoms with Gasteiger partial charge in [0.2, 0.25) is 5.95 Å². The maximum atomic E-state index is 12.6. The number of aryl methyl sites for hydroxylation is 1. The number of esters is 1. The zero-order chi connectivity index (χ0) is 22.7. The number of carbonyl (C=O) groups excluding carboxylic acids is 1. The van der Waals surface area contributed by atoms with Gasteiger partial charge in [0.05, 0.1) is 17.9 Å². The van der Waals surface area contributed by atoms with Crippen LogP contribution in [-0.4, -0.2) is 57.4 Å². The Bertz CT molecular complexity index is 1090. The summed E-state index contributed by atoms with van der Waals surface area (Å²) in [4.78, 5) is 23.1. The number of hydrogen-bond donors (Lipinski definition) is 1. The summed E-state index contributed by atoms with van der Waals surface area (Å²) in [7, 11) is 3.96. The summed E-state index contributed by atoms with van der Waals surface area (Å²) in [6.45, 7) is 2.57. The average Bonchev–Trinajstić information content (AvgIpc) is 3.12. The number of benzene rings is 1. The van der Waals surface area contributed by atoms with Crippen molar-refractivity contribution >= 4 is 23.5 Å². The third-order valence-electron chi connectivity index (χ3n) is 5.70. The topological polar surface area (TPSA) is 99.2 Å². The molecule has 0 amide bonds. The van der Waals surface area contributed by atoms with E-state index in [0.717, 1.165) is 37.1 Å². The summed E-state index contributed by atoms with van der Waals surface area (Å²) in [5.41, 5.74) is 9.46. The van der Waals surface area contributed by atoms with E-state index < -0.39 is 0 Å². The van der Waals surface area contributed by atoms with Crippen LogP contribution in [0, 0.1) is 5.92 Å². The van der Waals surface area contributed by atoms with Gasteiger partial charge in [-0.15, -0.1) is 0 Å². The fourth-order valence-electron chi connectivity index (χ4n) is 3.97. The molecule has 9 heteroatoms. The first kappa shape index (κ1) is 22.2. The summed E-state index contributed by atoms with van der Waals surface area (Å²) >= 11 is 6.05. The van der Waals surface area contributed by atoms with Crippen LogP contribution in [-0.2, 0) is 18.2 Å². The predicted molar refractivity (Wildman–Crippen MR) is 123 cm³/mol. The zero-order valence-corrected chi connectivity index (χ0v) is 19.0. The molecule has 32 heavy (non-hydrogen) atoms. The third kappa shape index (κ3) is 5.44. The molecule has 2 aromatic heterocycles. The molecule has 1 aliphatic rings. The summed E-state index contributed by atoms with van der Waals surface area (Å²) < 4.78 is 7.33. The molecule has 0 bridgehead atoms. The van der Waals surface area contributed by atoms with E-state index in [1.54, 1.807) is 16.8 Å². The Hall–Kier alpha value is -2.97. The second-order valence-corrected chi connectivity index (χ2v) is 8.72. The number of nitrogens with two attached hydrogens (primary N) is 1. The van der Waals surface area contributed by atoms with E-state index in [4.69, 9.17) is 22.1 Å². The highest BCUT2D eigenvalue weighted by atomic mass is 35.5. The number of likely N-dealkylation sites (tertiary alicyclic amines) is 1. The first-order valence-electron chi connectivity index (χ1n) is 10.6. The maximum Gasteiger partial charge on any atom is 0.338 e. The number of anilines is 1. The number of aromatic nitrogens is 4. The minimum atomic E-state index is -0.285. The molecule has 168 valence electrons. The lowest BCUT2D eigenvalue weighted by molar-refractivity contribution is 0.0384. The molecule has 2 N–H and O–H groups in total. The van der Waals surface area contributed by atoms with Crippen LogP contribution in [0.15, 0.2) is 36.5 Å². The van der Waals surface area contributed by atoms with Crippen LogP contribution in [0.25, 0.3) is 11.4 Å². The average molecular weight is 455 g/mol. The molecular formula is C23H27ClN6O2. The van der Waals surface area contributed by atoms with Crippen LogP contribution >= 0.6 is 11.6 Å². The van der Waals surface area contributed by atoms with Crippen molar-refractivity contribution < 1.29 is 9.53 Å². The second kappa shape index (κ2) is 9.67. The van der Waals surface area contributed by atoms with Crippen molar-refractivity contribution in [3.05, 3.63) is 58.4 Å². The minimum Gasteiger partial charge on any atom is -0.462 e. The van der Waals surface area contributed by atoms with E-state index >= 15 is 0 Å². The van der Waals surface area contributed by atoms with Crippen molar-refractivity contribution in [1.29, 1.82) is 0 Å². The zero-order valence-electron chi connectivity index (χ0n) is 18.3. The van der Waals surface area contributed by atoms with Crippen LogP contribution in [0.1, 0.15) is 34.3 Å². The molecule has 0 radical (unpaired) electrons. The van der Waals surface area contributed by atoms with Gasteiger partial charge >= 0.3 is 5.97 Å². The van der Waals surface area contributed by atoms with E-state index in [1.165, 1.54) is 0 Å². The SMILES string of the molecule is CN1CCC(COC(=O)c2cccc(Cc3cn(C)nc3-c3cc(Cl)nc(N)n3)c2)CC1. The summed E-state index contributed by atoms with van der Waals surface area (Å²) in [5, 5.41) is 4.78. The molecule has 8 nitrogen and oxygen atoms in total. The van der Waals surface area contributed by atoms with E-state index in [9.17, 15) is 4.79 Å². The number of nitrogen functional groups attached to an aromatic ring is 1. The normalized spacial score (nSPS) is 15.1. The Morgan fingerprint density at radius 1 is 1.22 bits per heavy atom. The van der Waals surface area contributed by atoms with Crippen LogP contribution in [0.5, 0.6) is 0 Å². The van der Waals surface area contributed by atoms with Crippen molar-refractivity contribution in [1.82, 2.24) is 24.6 Å². The Balaban J connectivity index is 1.47. The first-order valence-corrected chi connectivity index (χ1v) is 11.0. The molecule has 3 aromatic rings. The third-order valence-corrected chi connectivity index (χ3v) is 5.90. The van der Waals surface area contributed by atoms with E-state index in [1.807, 2.05) is 31.4 Å². The highest BCUT2D eigenvalue weighted by Gasteiger charge is 2.19. The number of hydrogen-bond acceptors (Lipinski definition) is 7. The lowest BCUT2D eigenvalue weighted by Crippen LogP contribution is -2.32. The molecule has 1 aromatic carbocycles. The molecule has 1 fully saturated rings. The highest BCUT2D eigenvalue weighted by molar-refractivity contribution is 6.29. The fraction of sp³-hybridized carbons (Fsp3) is 0.391. The Kier molecular flexibility index (Phi) is 6.72. The van der Waals surface area contributed by atoms with Gasteiger partial charge in [-0.1, -0.05) is 23.7 Å². The number of nitrogens with zero attached hydrogens (tertiary/aromatic N) is 5. The predicted octanol–water partition coefficient (Wildman–Crippen LogP) is 3.20. The fourth-order valence-corrected chi connectivity index (χ4v) is 4.16. The van der Waals surface area contributed by atoms with Crippen molar-refractivity contribution in [2.75, 3.05) is 32.5 Å². The van der Waals surface area contributed by atoms with E-state index in [-0.39, 0.29) is 17.1 Å². The second-order valence-electron chi connectivity index (χ2n) is 8.33. The van der Waals surface area contributed by atoms with Crippen LogP contribution in [0.3, 0.4) is 0 Å². The van der Waals surface area contributed by atoms with Crippen LogP contribution in [0.4, 0.5) is 5.95 Å². The van der Waals surface area contributed by atoms with E-state index in [0.29, 0.717) is 35.9 Å². The van der Waals surface area contributed by atoms with Gasteiger partial charge in [0.25, 0.3) is 0 Å². The van der Waals surface area contributed by atoms with Crippen molar-refractivity contribution in [2.45, 2.75) is 19.3 Å². The van der Waals surface area contributed by atoms with Gasteiger partial charge in [0.1, 0.15) is 10.8 Å². The standard InChI is InChI=1S/C23H27ClN6O2/c1-29-8-6-15(7-9-29)14-32-22(31)17-5-3-4-16(10-17)11-18-13-30(2)28-21(18)19-12-20(24)27-23(25)26-19/h3-5,10,12-13,15H,6-9,11,14H2,1-2H3,(H2,25,26,27). The highest BCUT2D eigenvalue weighted by Crippen LogP contribution is 2.25. The molecule has 1 aliphatic heterocycles. The first-order chi connectivity index (χ1) is 15.4. The molecule has 0 aliphatic carbocycles. The number of carbonyl (C=O) groups is 1. The summed E-state index contributed by atoms with van der Waals surface area (Å²) in [5.74, 6) is 0.245. The van der Waals surface area contributed by atoms with Crippen LogP contribution in [0.2, 0.25) is 5.15 Å². The summed E-state index contributed by atoms with van der Waals surface area (Å²) in [6, 6.07) is 9.15. The quantitative estimate of drug-likeness (QED) is 0.451. The van der Waals surface area contributed by atoms with Gasteiger partial charge in [-0.2, -0.15) is 5.10 Å². The van der Waals surface area contributed by atoms with E-state index in [2.05, 4.69) is 27.0 Å². The number of rotatable bonds is 6. The number of piperidine rings is 1.